The van der Waals surface area contributed by atoms with Crippen molar-refractivity contribution in [3.8, 4) is 0 Å². The Morgan fingerprint density at radius 1 is 1.44 bits per heavy atom. The first-order valence-corrected chi connectivity index (χ1v) is 6.87. The molecule has 104 valence electrons. The average Bonchev–Trinajstić information content (AvgIpc) is 2.63. The van der Waals surface area contributed by atoms with Crippen molar-refractivity contribution in [3.05, 3.63) is 0 Å². The molecule has 0 bridgehead atoms. The van der Waals surface area contributed by atoms with E-state index in [4.69, 9.17) is 5.11 Å². The Labute approximate surface area is 105 Å². The van der Waals surface area contributed by atoms with Crippen molar-refractivity contribution < 1.29 is 27.9 Å². The van der Waals surface area contributed by atoms with Gasteiger partial charge in [-0.15, -0.1) is 0 Å². The molecule has 1 aliphatic heterocycles. The number of carboxylic acids is 1. The zero-order valence-corrected chi connectivity index (χ0v) is 10.9. The van der Waals surface area contributed by atoms with E-state index in [2.05, 4.69) is 4.74 Å². The van der Waals surface area contributed by atoms with Crippen molar-refractivity contribution in [2.24, 2.45) is 5.92 Å². The number of hydrogen-bond acceptors (Lipinski definition) is 5. The maximum Gasteiger partial charge on any atom is 0.422 e. The van der Waals surface area contributed by atoms with Crippen LogP contribution >= 0.6 is 0 Å². The highest BCUT2D eigenvalue weighted by atomic mass is 32.2. The van der Waals surface area contributed by atoms with Gasteiger partial charge in [0.05, 0.1) is 12.0 Å². The van der Waals surface area contributed by atoms with E-state index in [9.17, 15) is 18.0 Å². The summed E-state index contributed by atoms with van der Waals surface area (Å²) in [7, 11) is -4.03. The number of carbonyl (C=O) groups is 2. The van der Waals surface area contributed by atoms with E-state index in [1.54, 1.807) is 18.6 Å². The molecule has 1 aliphatic rings. The molecule has 8 nitrogen and oxygen atoms in total. The molecule has 0 aromatic carbocycles. The van der Waals surface area contributed by atoms with Crippen molar-refractivity contribution in [1.82, 2.24) is 9.03 Å². The van der Waals surface area contributed by atoms with E-state index in [-0.39, 0.29) is 19.5 Å². The molecule has 1 atom stereocenters. The fraction of sp³-hybridized carbons (Fsp3) is 0.778. The molecule has 1 fully saturated rings. The normalized spacial score (nSPS) is 20.9. The van der Waals surface area contributed by atoms with Crippen LogP contribution in [-0.4, -0.2) is 49.1 Å². The summed E-state index contributed by atoms with van der Waals surface area (Å²) in [5, 5.41) is 8.76. The number of nitrogens with zero attached hydrogens (tertiary/aromatic N) is 1. The molecule has 1 heterocycles. The molecule has 2 N–H and O–H groups in total. The van der Waals surface area contributed by atoms with E-state index in [1.807, 2.05) is 0 Å². The molecular weight excluding hydrogens is 264 g/mol. The smallest absolute Gasteiger partial charge is 0.422 e. The number of nitrogens with one attached hydrogen (secondary N) is 1. The second kappa shape index (κ2) is 5.53. The van der Waals surface area contributed by atoms with Crippen molar-refractivity contribution in [3.63, 3.8) is 0 Å². The van der Waals surface area contributed by atoms with Gasteiger partial charge in [0.2, 0.25) is 0 Å². The maximum atomic E-state index is 11.7. The van der Waals surface area contributed by atoms with Crippen LogP contribution in [0.1, 0.15) is 20.3 Å². The van der Waals surface area contributed by atoms with Crippen LogP contribution in [0.4, 0.5) is 4.79 Å². The highest BCUT2D eigenvalue weighted by Crippen LogP contribution is 2.18. The minimum Gasteiger partial charge on any atom is -0.481 e. The fourth-order valence-electron chi connectivity index (χ4n) is 1.56. The first-order chi connectivity index (χ1) is 8.22. The highest BCUT2D eigenvalue weighted by Gasteiger charge is 2.36. The molecule has 0 spiro atoms. The van der Waals surface area contributed by atoms with E-state index in [0.29, 0.717) is 0 Å². The van der Waals surface area contributed by atoms with Gasteiger partial charge < -0.3 is 9.84 Å². The predicted octanol–water partition coefficient (Wildman–Crippen LogP) is -0.228. The van der Waals surface area contributed by atoms with Gasteiger partial charge in [0, 0.05) is 13.1 Å². The van der Waals surface area contributed by atoms with Crippen molar-refractivity contribution in [2.75, 3.05) is 13.1 Å². The third-order valence-corrected chi connectivity index (χ3v) is 3.83. The lowest BCUT2D eigenvalue weighted by molar-refractivity contribution is -0.141. The molecule has 1 unspecified atom stereocenters. The average molecular weight is 280 g/mol. The number of rotatable bonds is 4. The standard InChI is InChI=1S/C9H16N2O6S/c1-6(2)17-9(14)10-18(15,16)11-4-3-7(5-11)8(12)13/h6-7H,3-5H2,1-2H3,(H,10,14)(H,12,13). The second-order valence-corrected chi connectivity index (χ2v) is 5.91. The Bertz CT molecular complexity index is 432. The third-order valence-electron chi connectivity index (χ3n) is 2.40. The lowest BCUT2D eigenvalue weighted by Crippen LogP contribution is -2.43. The van der Waals surface area contributed by atoms with E-state index >= 15 is 0 Å². The number of ether oxygens (including phenoxy) is 1. The molecule has 0 aromatic rings. The molecule has 0 aromatic heterocycles. The summed E-state index contributed by atoms with van der Waals surface area (Å²) < 4.78 is 30.7. The fourth-order valence-corrected chi connectivity index (χ4v) is 2.67. The molecule has 1 amide bonds. The summed E-state index contributed by atoms with van der Waals surface area (Å²) in [4.78, 5) is 21.9. The topological polar surface area (TPSA) is 113 Å². The zero-order valence-electron chi connectivity index (χ0n) is 10.1. The van der Waals surface area contributed by atoms with E-state index in [0.717, 1.165) is 4.31 Å². The van der Waals surface area contributed by atoms with Crippen LogP contribution in [0.2, 0.25) is 0 Å². The third kappa shape index (κ3) is 3.84. The van der Waals surface area contributed by atoms with Gasteiger partial charge in [-0.1, -0.05) is 0 Å². The van der Waals surface area contributed by atoms with Gasteiger partial charge in [0.1, 0.15) is 0 Å². The van der Waals surface area contributed by atoms with Gasteiger partial charge in [-0.2, -0.15) is 12.7 Å². The van der Waals surface area contributed by atoms with E-state index < -0.39 is 34.3 Å². The largest absolute Gasteiger partial charge is 0.481 e. The van der Waals surface area contributed by atoms with Crippen LogP contribution in [0.15, 0.2) is 0 Å². The number of carbonyl (C=O) groups excluding carboxylic acids is 1. The molecule has 1 saturated heterocycles. The minimum absolute atomic E-state index is 0.0707. The van der Waals surface area contributed by atoms with Gasteiger partial charge in [-0.3, -0.25) is 4.79 Å². The van der Waals surface area contributed by atoms with Crippen molar-refractivity contribution in [1.29, 1.82) is 0 Å². The first kappa shape index (κ1) is 14.7. The SMILES string of the molecule is CC(C)OC(=O)NS(=O)(=O)N1CCC(C(=O)O)C1. The van der Waals surface area contributed by atoms with Crippen molar-refractivity contribution in [2.45, 2.75) is 26.4 Å². The molecule has 0 aliphatic carbocycles. The van der Waals surface area contributed by atoms with Crippen LogP contribution < -0.4 is 4.72 Å². The van der Waals surface area contributed by atoms with Gasteiger partial charge in [-0.05, 0) is 20.3 Å². The molecular formula is C9H16N2O6S. The Morgan fingerprint density at radius 3 is 2.50 bits per heavy atom. The Morgan fingerprint density at radius 2 is 2.06 bits per heavy atom. The summed E-state index contributed by atoms with van der Waals surface area (Å²) >= 11 is 0. The van der Waals surface area contributed by atoms with E-state index in [1.165, 1.54) is 0 Å². The van der Waals surface area contributed by atoms with Crippen molar-refractivity contribution >= 4 is 22.3 Å². The first-order valence-electron chi connectivity index (χ1n) is 5.43. The predicted molar refractivity (Wildman–Crippen MR) is 61.0 cm³/mol. The minimum atomic E-state index is -4.03. The Hall–Kier alpha value is -1.35. The van der Waals surface area contributed by atoms with Gasteiger partial charge in [0.25, 0.3) is 0 Å². The van der Waals surface area contributed by atoms with Gasteiger partial charge >= 0.3 is 22.3 Å². The van der Waals surface area contributed by atoms with Gasteiger partial charge in [0.15, 0.2) is 0 Å². The molecule has 9 heteroatoms. The zero-order chi connectivity index (χ0) is 13.9. The lowest BCUT2D eigenvalue weighted by Gasteiger charge is -2.17. The second-order valence-electron chi connectivity index (χ2n) is 4.24. The number of amides is 1. The molecule has 1 rings (SSSR count). The summed E-state index contributed by atoms with van der Waals surface area (Å²) in [5.41, 5.74) is 0. The summed E-state index contributed by atoms with van der Waals surface area (Å²) in [6.45, 7) is 3.10. The number of hydrogen-bond donors (Lipinski definition) is 2. The Kier molecular flexibility index (Phi) is 4.52. The molecule has 0 saturated carbocycles. The quantitative estimate of drug-likeness (QED) is 0.735. The molecule has 0 radical (unpaired) electrons. The van der Waals surface area contributed by atoms with Crippen LogP contribution in [0.3, 0.4) is 0 Å². The number of aliphatic carboxylic acids is 1. The van der Waals surface area contributed by atoms with Crippen LogP contribution in [0, 0.1) is 5.92 Å². The summed E-state index contributed by atoms with van der Waals surface area (Å²) in [6.07, 6.45) is -1.27. The number of carboxylic acid groups (broad SMARTS) is 1. The Balaban J connectivity index is 2.60. The monoisotopic (exact) mass is 280 g/mol. The molecule has 18 heavy (non-hydrogen) atoms. The van der Waals surface area contributed by atoms with Gasteiger partial charge in [-0.25, -0.2) is 9.52 Å². The highest BCUT2D eigenvalue weighted by molar-refractivity contribution is 7.87. The lowest BCUT2D eigenvalue weighted by atomic mass is 10.1. The van der Waals surface area contributed by atoms with Crippen LogP contribution in [0.5, 0.6) is 0 Å². The van der Waals surface area contributed by atoms with Crippen LogP contribution in [0.25, 0.3) is 0 Å². The summed E-state index contributed by atoms with van der Waals surface area (Å²) in [5.74, 6) is -1.78. The van der Waals surface area contributed by atoms with Crippen LogP contribution in [-0.2, 0) is 19.7 Å². The summed E-state index contributed by atoms with van der Waals surface area (Å²) in [6, 6.07) is 0. The maximum absolute atomic E-state index is 11.7.